The number of aryl methyl sites for hydroxylation is 3. The molecular formula is C136H114N8. The van der Waals surface area contributed by atoms with Crippen LogP contribution < -0.4 is 19.6 Å². The number of rotatable bonds is 18. The first-order chi connectivity index (χ1) is 71.2. The highest BCUT2D eigenvalue weighted by Crippen LogP contribution is 2.57. The summed E-state index contributed by atoms with van der Waals surface area (Å²) in [5.41, 5.74) is 40.3. The van der Waals surface area contributed by atoms with E-state index in [9.17, 15) is 0 Å². The molecule has 4 aliphatic carbocycles. The quantitative estimate of drug-likeness (QED) is 0.0857. The van der Waals surface area contributed by atoms with Crippen molar-refractivity contribution in [1.29, 1.82) is 0 Å². The van der Waals surface area contributed by atoms with E-state index in [2.05, 4.69) is 422 Å². The molecule has 4 saturated carbocycles. The van der Waals surface area contributed by atoms with Gasteiger partial charge in [-0.15, -0.1) is 0 Å². The third kappa shape index (κ3) is 12.9. The summed E-state index contributed by atoms with van der Waals surface area (Å²) >= 11 is 0. The van der Waals surface area contributed by atoms with Crippen molar-refractivity contribution in [3.8, 4) is 0 Å². The van der Waals surface area contributed by atoms with Gasteiger partial charge in [-0.1, -0.05) is 282 Å². The van der Waals surface area contributed by atoms with Crippen molar-refractivity contribution in [2.45, 2.75) is 173 Å². The molecule has 698 valence electrons. The van der Waals surface area contributed by atoms with Gasteiger partial charge in [0.2, 0.25) is 0 Å². The fourth-order valence-electron chi connectivity index (χ4n) is 28.7. The number of benzene rings is 18. The maximum atomic E-state index is 2.63. The van der Waals surface area contributed by atoms with Crippen molar-refractivity contribution in [3.05, 3.63) is 408 Å². The van der Waals surface area contributed by atoms with Gasteiger partial charge in [0.05, 0.1) is 88.9 Å². The van der Waals surface area contributed by atoms with Gasteiger partial charge in [0.1, 0.15) is 0 Å². The highest BCUT2D eigenvalue weighted by Gasteiger charge is 2.35. The molecule has 8 aromatic heterocycles. The summed E-state index contributed by atoms with van der Waals surface area (Å²) in [4.78, 5) is 10.2. The van der Waals surface area contributed by atoms with E-state index in [-0.39, 0.29) is 0 Å². The fourth-order valence-corrected chi connectivity index (χ4v) is 28.7. The number of para-hydroxylation sites is 6. The first-order valence-electron chi connectivity index (χ1n) is 53.7. The lowest BCUT2D eigenvalue weighted by molar-refractivity contribution is 0.320. The zero-order chi connectivity index (χ0) is 94.8. The summed E-state index contributed by atoms with van der Waals surface area (Å²) in [6.07, 6.45) is 25.6. The third-order valence-corrected chi connectivity index (χ3v) is 35.2. The van der Waals surface area contributed by atoms with E-state index in [0.29, 0.717) is 29.6 Å². The molecule has 0 radical (unpaired) electrons. The maximum Gasteiger partial charge on any atom is 0.0621 e. The number of aromatic nitrogens is 4. The topological polar surface area (TPSA) is 30.6 Å². The molecule has 0 N–H and O–H groups in total. The van der Waals surface area contributed by atoms with Gasteiger partial charge in [-0.2, -0.15) is 0 Å². The normalized spacial score (nSPS) is 16.3. The largest absolute Gasteiger partial charge is 0.310 e. The molecule has 0 amide bonds. The SMILES string of the molecule is Cc1ccc(N(c2ccccc2)c2cccc3c2c2cccc4c5cc6c(cc5n3c42)c2cccc3c4c(N(c5ccccc5)c5ccc(CC7CCCC(c8ccc(N(c9ccc(C%10CCCCC%10)cc9)c9cccc%10c9c9cccc%11c%12cc%13c(cc%12n%10c%119)c9cccc%10c%11c(N(c%12ccc(C%14CCCCC%14)cc%12)c%12ccc(C%14CCCCC%14)cc%12)cccc%11n%13c9%10)cc8)C7)cc5C)cccc4n6c23)c(C)c1. The van der Waals surface area contributed by atoms with Gasteiger partial charge in [-0.3, -0.25) is 0 Å². The van der Waals surface area contributed by atoms with Crippen LogP contribution in [0, 0.1) is 26.7 Å². The van der Waals surface area contributed by atoms with Crippen molar-refractivity contribution < 1.29 is 0 Å². The highest BCUT2D eigenvalue weighted by molar-refractivity contribution is 6.34. The van der Waals surface area contributed by atoms with E-state index >= 15 is 0 Å². The molecular weight excluding hydrogens is 1750 g/mol. The van der Waals surface area contributed by atoms with Crippen LogP contribution in [0.3, 0.4) is 0 Å². The zero-order valence-electron chi connectivity index (χ0n) is 82.2. The van der Waals surface area contributed by atoms with Crippen LogP contribution in [0.1, 0.15) is 190 Å². The molecule has 8 nitrogen and oxygen atoms in total. The number of hydrogen-bond acceptors (Lipinski definition) is 4. The number of anilines is 12. The van der Waals surface area contributed by atoms with Crippen molar-refractivity contribution in [1.82, 2.24) is 17.6 Å². The first kappa shape index (κ1) is 84.1. The molecule has 4 fully saturated rings. The molecule has 18 aromatic carbocycles. The Bertz CT molecular complexity index is 9470. The molecule has 2 unspecified atom stereocenters. The monoisotopic (exact) mass is 1860 g/mol. The second kappa shape index (κ2) is 33.2. The van der Waals surface area contributed by atoms with Crippen LogP contribution in [-0.4, -0.2) is 17.6 Å². The Balaban J connectivity index is 0.475. The van der Waals surface area contributed by atoms with Gasteiger partial charge in [0.15, 0.2) is 0 Å². The molecule has 0 saturated heterocycles. The zero-order valence-corrected chi connectivity index (χ0v) is 82.2. The van der Waals surface area contributed by atoms with Crippen molar-refractivity contribution in [2.75, 3.05) is 19.6 Å². The Kier molecular flexibility index (Phi) is 19.4. The average Bonchev–Trinajstić information content (AvgIpc) is 1.52. The average molecular weight is 1860 g/mol. The van der Waals surface area contributed by atoms with Gasteiger partial charge in [0, 0.05) is 132 Å². The minimum atomic E-state index is 0.467. The Labute approximate surface area is 839 Å². The lowest BCUT2D eigenvalue weighted by atomic mass is 9.76. The van der Waals surface area contributed by atoms with Crippen LogP contribution in [0.25, 0.3) is 152 Å². The van der Waals surface area contributed by atoms with E-state index in [1.165, 1.54) is 376 Å². The second-order valence-electron chi connectivity index (χ2n) is 43.3. The number of fused-ring (bicyclic) bond motifs is 24. The first-order valence-corrected chi connectivity index (χ1v) is 53.7. The Morgan fingerprint density at radius 1 is 0.208 bits per heavy atom. The molecule has 26 aromatic rings. The van der Waals surface area contributed by atoms with E-state index in [4.69, 9.17) is 0 Å². The van der Waals surface area contributed by atoms with Crippen LogP contribution in [-0.2, 0) is 6.42 Å². The molecule has 144 heavy (non-hydrogen) atoms. The lowest BCUT2D eigenvalue weighted by Gasteiger charge is -2.31. The van der Waals surface area contributed by atoms with Gasteiger partial charge in [-0.25, -0.2) is 0 Å². The summed E-state index contributed by atoms with van der Waals surface area (Å²) in [6, 6.07) is 142. The van der Waals surface area contributed by atoms with Crippen LogP contribution in [0.5, 0.6) is 0 Å². The minimum absolute atomic E-state index is 0.467. The molecule has 0 bridgehead atoms. The molecule has 2 atom stereocenters. The summed E-state index contributed by atoms with van der Waals surface area (Å²) in [5.74, 6) is 2.93. The fraction of sp³-hybridized carbons (Fsp3) is 0.206. The summed E-state index contributed by atoms with van der Waals surface area (Å²) in [5, 5.41) is 20.4. The molecule has 4 aliphatic rings. The Morgan fingerprint density at radius 3 is 0.833 bits per heavy atom. The standard InChI is InChI=1S/C136H114N8/c1-84-56-74-115(85(2)76-84)139(97-36-15-7-16-37-97)119-50-26-54-123-131(119)109-46-22-42-105-113-83-128-114(82-127(113)143(123)135(105)109)106-43-23-47-110-132-120(51-27-55-124(132)144(128)136(106)110)140(98-38-17-8-18-39-98)116-75-57-88(77-86(116)3)78-87-28-19-35-96(79-87)95-64-72-102(73-65-95)138(101-70-62-94(63-71-101)91-33-13-6-14-34-91)118-49-25-53-122-130(118)108-45-21-41-104-112-80-125-111(81-126(112)142(122)134(104)108)103-40-20-44-107-129-117(48-24-52-121(129)141(125)133(103)107)137(99-66-58-92(59-67-99)89-29-9-4-10-30-89)100-68-60-93(61-69-100)90-31-11-5-12-32-90/h7-8,15-18,20-27,36-77,80-83,87,89-91,96H,4-6,9-14,19,28-35,78-79H2,1-3H3. The van der Waals surface area contributed by atoms with Gasteiger partial charge >= 0.3 is 0 Å². The van der Waals surface area contributed by atoms with Crippen molar-refractivity contribution in [3.63, 3.8) is 0 Å². The van der Waals surface area contributed by atoms with Gasteiger partial charge < -0.3 is 37.2 Å². The summed E-state index contributed by atoms with van der Waals surface area (Å²) < 4.78 is 10.4. The van der Waals surface area contributed by atoms with Gasteiger partial charge in [-0.05, 0) is 305 Å². The Morgan fingerprint density at radius 2 is 0.500 bits per heavy atom. The van der Waals surface area contributed by atoms with Crippen molar-refractivity contribution >= 4 is 221 Å². The van der Waals surface area contributed by atoms with Crippen molar-refractivity contribution in [2.24, 2.45) is 5.92 Å². The second-order valence-corrected chi connectivity index (χ2v) is 43.3. The number of nitrogens with zero attached hydrogens (tertiary/aromatic N) is 8. The molecule has 8 heterocycles. The smallest absolute Gasteiger partial charge is 0.0621 e. The predicted octanol–water partition coefficient (Wildman–Crippen LogP) is 38.8. The molecule has 8 heteroatoms. The molecule has 0 aliphatic heterocycles. The maximum absolute atomic E-state index is 2.63. The van der Waals surface area contributed by atoms with E-state index in [1.807, 2.05) is 0 Å². The summed E-state index contributed by atoms with van der Waals surface area (Å²) in [7, 11) is 0. The third-order valence-electron chi connectivity index (χ3n) is 35.2. The van der Waals surface area contributed by atoms with E-state index in [1.54, 1.807) is 0 Å². The minimum Gasteiger partial charge on any atom is -0.310 e. The van der Waals surface area contributed by atoms with Gasteiger partial charge in [0.25, 0.3) is 0 Å². The van der Waals surface area contributed by atoms with E-state index < -0.39 is 0 Å². The number of hydrogen-bond donors (Lipinski definition) is 0. The van der Waals surface area contributed by atoms with Crippen LogP contribution >= 0.6 is 0 Å². The lowest BCUT2D eigenvalue weighted by Crippen LogP contribution is -2.17. The molecule has 0 spiro atoms. The van der Waals surface area contributed by atoms with Crippen LogP contribution in [0.2, 0.25) is 0 Å². The molecule has 30 rings (SSSR count). The predicted molar refractivity (Wildman–Crippen MR) is 610 cm³/mol. The highest BCUT2D eigenvalue weighted by atomic mass is 15.2. The van der Waals surface area contributed by atoms with Crippen LogP contribution in [0.15, 0.2) is 364 Å². The summed E-state index contributed by atoms with van der Waals surface area (Å²) in [6.45, 7) is 6.78. The van der Waals surface area contributed by atoms with Crippen LogP contribution in [0.4, 0.5) is 68.2 Å². The Hall–Kier alpha value is -15.6. The van der Waals surface area contributed by atoms with E-state index in [0.717, 1.165) is 17.8 Å².